The van der Waals surface area contributed by atoms with Crippen molar-refractivity contribution in [2.24, 2.45) is 4.99 Å². The second-order valence-corrected chi connectivity index (χ2v) is 4.85. The highest BCUT2D eigenvalue weighted by Crippen LogP contribution is 2.25. The first-order valence-electron chi connectivity index (χ1n) is 5.75. The molecule has 3 rings (SSSR count). The van der Waals surface area contributed by atoms with Crippen molar-refractivity contribution < 1.29 is 5.21 Å². The van der Waals surface area contributed by atoms with Crippen LogP contribution in [0.1, 0.15) is 18.3 Å². The molecule has 1 aromatic carbocycles. The zero-order valence-electron chi connectivity index (χ0n) is 9.84. The average molecular weight is 262 g/mol. The van der Waals surface area contributed by atoms with Gasteiger partial charge in [0.1, 0.15) is 5.69 Å². The monoisotopic (exact) mass is 261 g/mol. The Morgan fingerprint density at radius 2 is 2.06 bits per heavy atom. The molecule has 1 N–H and O–H groups in total. The van der Waals surface area contributed by atoms with Crippen LogP contribution in [0.15, 0.2) is 29.3 Å². The predicted octanol–water partition coefficient (Wildman–Crippen LogP) is 2.80. The first-order chi connectivity index (χ1) is 8.65. The minimum atomic E-state index is 0.179. The number of hydrogen-bond acceptors (Lipinski definition) is 3. The second-order valence-electron chi connectivity index (χ2n) is 4.42. The Labute approximate surface area is 110 Å². The zero-order chi connectivity index (χ0) is 12.7. The van der Waals surface area contributed by atoms with E-state index in [1.807, 2.05) is 19.1 Å². The molecule has 1 aromatic heterocycles. The summed E-state index contributed by atoms with van der Waals surface area (Å²) in [6.07, 6.45) is 2.42. The van der Waals surface area contributed by atoms with Crippen molar-refractivity contribution in [3.05, 3.63) is 40.7 Å². The van der Waals surface area contributed by atoms with E-state index in [0.29, 0.717) is 17.3 Å². The number of hydrogen-bond donors (Lipinski definition) is 1. The third-order valence-corrected chi connectivity index (χ3v) is 3.27. The molecule has 0 saturated carbocycles. The van der Waals surface area contributed by atoms with Gasteiger partial charge in [-0.1, -0.05) is 11.6 Å². The maximum Gasteiger partial charge on any atom is 0.176 e. The number of aliphatic imine (C=N–C) groups is 1. The van der Waals surface area contributed by atoms with E-state index < -0.39 is 0 Å². The van der Waals surface area contributed by atoms with Gasteiger partial charge in [-0.25, -0.2) is 4.98 Å². The number of aromatic nitrogens is 2. The Kier molecular flexibility index (Phi) is 2.59. The van der Waals surface area contributed by atoms with Crippen LogP contribution in [0, 0.1) is 0 Å². The van der Waals surface area contributed by atoms with Crippen LogP contribution in [-0.4, -0.2) is 27.2 Å². The van der Waals surface area contributed by atoms with Gasteiger partial charge in [-0.3, -0.25) is 4.99 Å². The van der Waals surface area contributed by atoms with Crippen molar-refractivity contribution >= 4 is 17.8 Å². The molecule has 0 aliphatic carbocycles. The summed E-state index contributed by atoms with van der Waals surface area (Å²) in [4.78, 5) is 8.71. The van der Waals surface area contributed by atoms with E-state index in [4.69, 9.17) is 11.6 Å². The van der Waals surface area contributed by atoms with Gasteiger partial charge in [0.15, 0.2) is 5.82 Å². The van der Waals surface area contributed by atoms with Gasteiger partial charge in [-0.05, 0) is 31.2 Å². The third-order valence-electron chi connectivity index (χ3n) is 3.02. The predicted molar refractivity (Wildman–Crippen MR) is 70.6 cm³/mol. The molecule has 1 unspecified atom stereocenters. The molecule has 1 aliphatic heterocycles. The van der Waals surface area contributed by atoms with E-state index in [2.05, 4.69) is 9.98 Å². The average Bonchev–Trinajstić information content (AvgIpc) is 2.68. The Morgan fingerprint density at radius 1 is 1.33 bits per heavy atom. The maximum absolute atomic E-state index is 10.2. The van der Waals surface area contributed by atoms with Gasteiger partial charge in [0, 0.05) is 23.2 Å². The molecule has 4 nitrogen and oxygen atoms in total. The van der Waals surface area contributed by atoms with E-state index >= 15 is 0 Å². The van der Waals surface area contributed by atoms with Gasteiger partial charge in [-0.2, -0.15) is 4.73 Å². The summed E-state index contributed by atoms with van der Waals surface area (Å²) in [6, 6.07) is 7.41. The Balaban J connectivity index is 2.09. The summed E-state index contributed by atoms with van der Waals surface area (Å²) >= 11 is 5.85. The quantitative estimate of drug-likeness (QED) is 0.803. The molecule has 5 heteroatoms. The Morgan fingerprint density at radius 3 is 2.78 bits per heavy atom. The molecule has 0 amide bonds. The summed E-state index contributed by atoms with van der Waals surface area (Å²) in [6.45, 7) is 2.01. The van der Waals surface area contributed by atoms with Gasteiger partial charge in [0.25, 0.3) is 0 Å². The summed E-state index contributed by atoms with van der Waals surface area (Å²) in [7, 11) is 0. The largest absolute Gasteiger partial charge is 0.427 e. The summed E-state index contributed by atoms with van der Waals surface area (Å²) < 4.78 is 1.15. The van der Waals surface area contributed by atoms with E-state index in [9.17, 15) is 5.21 Å². The molecular weight excluding hydrogens is 250 g/mol. The minimum Gasteiger partial charge on any atom is -0.427 e. The number of fused-ring (bicyclic) bond motifs is 1. The van der Waals surface area contributed by atoms with Crippen LogP contribution in [0.5, 0.6) is 0 Å². The molecular formula is C13H12ClN3O. The van der Waals surface area contributed by atoms with Gasteiger partial charge in [0.2, 0.25) is 0 Å². The first kappa shape index (κ1) is 11.3. The van der Waals surface area contributed by atoms with Gasteiger partial charge < -0.3 is 5.21 Å². The number of nitrogens with zero attached hydrogens (tertiary/aromatic N) is 3. The fourth-order valence-corrected chi connectivity index (χ4v) is 2.20. The summed E-state index contributed by atoms with van der Waals surface area (Å²) in [5.41, 5.74) is 2.38. The van der Waals surface area contributed by atoms with Crippen molar-refractivity contribution in [3.63, 3.8) is 0 Å². The smallest absolute Gasteiger partial charge is 0.176 e. The Hall–Kier alpha value is -1.81. The second kappa shape index (κ2) is 4.14. The molecule has 0 spiro atoms. The SMILES string of the molecule is CC1Cc2c(nc(-c3ccc(Cl)cc3)n2O)C=N1. The lowest BCUT2D eigenvalue weighted by molar-refractivity contribution is 0.180. The van der Waals surface area contributed by atoms with E-state index in [0.717, 1.165) is 21.7 Å². The normalized spacial score (nSPS) is 17.8. The molecule has 0 fully saturated rings. The molecule has 92 valence electrons. The van der Waals surface area contributed by atoms with Crippen LogP contribution < -0.4 is 0 Å². The topological polar surface area (TPSA) is 50.4 Å². The Bertz CT molecular complexity index is 616. The molecule has 0 saturated heterocycles. The highest BCUT2D eigenvalue weighted by atomic mass is 35.5. The third kappa shape index (κ3) is 1.78. The number of halogens is 1. The molecule has 1 atom stereocenters. The van der Waals surface area contributed by atoms with Gasteiger partial charge in [-0.15, -0.1) is 0 Å². The first-order valence-corrected chi connectivity index (χ1v) is 6.13. The van der Waals surface area contributed by atoms with Crippen LogP contribution in [0.3, 0.4) is 0 Å². The standard InChI is InChI=1S/C13H12ClN3O/c1-8-6-12-11(7-15-8)16-13(17(12)18)9-2-4-10(14)5-3-9/h2-5,7-8,18H,6H2,1H3. The van der Waals surface area contributed by atoms with Crippen LogP contribution in [-0.2, 0) is 6.42 Å². The molecule has 2 aromatic rings. The van der Waals surface area contributed by atoms with Gasteiger partial charge >= 0.3 is 0 Å². The summed E-state index contributed by atoms with van der Waals surface area (Å²) in [5.74, 6) is 0.525. The number of benzene rings is 1. The lowest BCUT2D eigenvalue weighted by Crippen LogP contribution is -2.14. The molecule has 18 heavy (non-hydrogen) atoms. The highest BCUT2D eigenvalue weighted by Gasteiger charge is 2.21. The fourth-order valence-electron chi connectivity index (χ4n) is 2.07. The highest BCUT2D eigenvalue weighted by molar-refractivity contribution is 6.30. The van der Waals surface area contributed by atoms with Crippen LogP contribution in [0.25, 0.3) is 11.4 Å². The van der Waals surface area contributed by atoms with Crippen molar-refractivity contribution in [2.45, 2.75) is 19.4 Å². The number of imidazole rings is 1. The molecule has 0 radical (unpaired) electrons. The fraction of sp³-hybridized carbons (Fsp3) is 0.231. The maximum atomic E-state index is 10.2. The van der Waals surface area contributed by atoms with Crippen molar-refractivity contribution in [1.82, 2.24) is 9.71 Å². The van der Waals surface area contributed by atoms with E-state index in [-0.39, 0.29) is 6.04 Å². The minimum absolute atomic E-state index is 0.179. The zero-order valence-corrected chi connectivity index (χ0v) is 10.6. The number of rotatable bonds is 1. The van der Waals surface area contributed by atoms with Crippen LogP contribution >= 0.6 is 11.6 Å². The summed E-state index contributed by atoms with van der Waals surface area (Å²) in [5, 5.41) is 10.8. The lowest BCUT2D eigenvalue weighted by Gasteiger charge is -2.11. The van der Waals surface area contributed by atoms with Crippen LogP contribution in [0.2, 0.25) is 5.02 Å². The molecule has 1 aliphatic rings. The van der Waals surface area contributed by atoms with E-state index in [1.54, 1.807) is 18.3 Å². The lowest BCUT2D eigenvalue weighted by atomic mass is 10.1. The van der Waals surface area contributed by atoms with Crippen molar-refractivity contribution in [3.8, 4) is 11.4 Å². The van der Waals surface area contributed by atoms with Gasteiger partial charge in [0.05, 0.1) is 11.7 Å². The van der Waals surface area contributed by atoms with E-state index in [1.165, 1.54) is 0 Å². The van der Waals surface area contributed by atoms with Crippen molar-refractivity contribution in [2.75, 3.05) is 0 Å². The molecule has 2 heterocycles. The molecule has 0 bridgehead atoms. The van der Waals surface area contributed by atoms with Crippen molar-refractivity contribution in [1.29, 1.82) is 0 Å². The van der Waals surface area contributed by atoms with Crippen LogP contribution in [0.4, 0.5) is 0 Å².